The summed E-state index contributed by atoms with van der Waals surface area (Å²) in [5.41, 5.74) is 1.09. The Balaban J connectivity index is 2.22. The predicted molar refractivity (Wildman–Crippen MR) is 80.7 cm³/mol. The molecule has 0 aromatic heterocycles. The van der Waals surface area contributed by atoms with Crippen molar-refractivity contribution in [2.24, 2.45) is 5.92 Å². The molecule has 106 valence electrons. The highest BCUT2D eigenvalue weighted by Gasteiger charge is 2.23. The molecule has 1 saturated heterocycles. The van der Waals surface area contributed by atoms with E-state index in [-0.39, 0.29) is 5.82 Å². The molecule has 1 aromatic carbocycles. The van der Waals surface area contributed by atoms with Gasteiger partial charge in [0.05, 0.1) is 4.47 Å². The van der Waals surface area contributed by atoms with Gasteiger partial charge < -0.3 is 5.32 Å². The molecule has 1 fully saturated rings. The molecular formula is C15H22BrFN2. The summed E-state index contributed by atoms with van der Waals surface area (Å²) in [7, 11) is 0. The Morgan fingerprint density at radius 3 is 2.58 bits per heavy atom. The van der Waals surface area contributed by atoms with Gasteiger partial charge in [0.2, 0.25) is 0 Å². The summed E-state index contributed by atoms with van der Waals surface area (Å²) >= 11 is 3.23. The third-order valence-electron chi connectivity index (χ3n) is 3.62. The van der Waals surface area contributed by atoms with E-state index in [2.05, 4.69) is 40.0 Å². The fourth-order valence-corrected chi connectivity index (χ4v) is 2.90. The van der Waals surface area contributed by atoms with Crippen molar-refractivity contribution in [1.29, 1.82) is 0 Å². The fourth-order valence-electron chi connectivity index (χ4n) is 2.66. The highest BCUT2D eigenvalue weighted by molar-refractivity contribution is 9.10. The van der Waals surface area contributed by atoms with Crippen LogP contribution in [0.1, 0.15) is 31.9 Å². The van der Waals surface area contributed by atoms with Crippen LogP contribution in [-0.2, 0) is 0 Å². The lowest BCUT2D eigenvalue weighted by atomic mass is 9.95. The van der Waals surface area contributed by atoms with E-state index in [9.17, 15) is 4.39 Å². The second-order valence-electron chi connectivity index (χ2n) is 5.60. The van der Waals surface area contributed by atoms with E-state index in [1.807, 2.05) is 12.1 Å². The molecule has 0 amide bonds. The molecule has 0 unspecified atom stereocenters. The van der Waals surface area contributed by atoms with Crippen LogP contribution in [0.4, 0.5) is 4.39 Å². The molecule has 0 spiro atoms. The number of benzene rings is 1. The van der Waals surface area contributed by atoms with Gasteiger partial charge in [-0.1, -0.05) is 19.9 Å². The molecule has 1 atom stereocenters. The second kappa shape index (κ2) is 6.82. The van der Waals surface area contributed by atoms with Crippen molar-refractivity contribution >= 4 is 15.9 Å². The van der Waals surface area contributed by atoms with Crippen molar-refractivity contribution < 1.29 is 4.39 Å². The number of rotatable bonds is 4. The number of hydrogen-bond acceptors (Lipinski definition) is 2. The van der Waals surface area contributed by atoms with Crippen molar-refractivity contribution in [3.63, 3.8) is 0 Å². The number of hydrogen-bond donors (Lipinski definition) is 1. The highest BCUT2D eigenvalue weighted by Crippen LogP contribution is 2.30. The maximum atomic E-state index is 13.8. The average molecular weight is 329 g/mol. The van der Waals surface area contributed by atoms with E-state index >= 15 is 0 Å². The lowest BCUT2D eigenvalue weighted by molar-refractivity contribution is 0.154. The first kappa shape index (κ1) is 14.9. The Labute approximate surface area is 123 Å². The normalized spacial score (nSPS) is 18.8. The van der Waals surface area contributed by atoms with E-state index in [1.54, 1.807) is 6.07 Å². The summed E-state index contributed by atoms with van der Waals surface area (Å²) in [4.78, 5) is 2.47. The standard InChI is InChI=1S/C15H22BrFN2/c1-11(2)9-15(19-7-5-18-6-8-19)12-3-4-13(16)14(17)10-12/h3-4,10-11,15,18H,5-9H2,1-2H3/t15-/m0/s1. The predicted octanol–water partition coefficient (Wildman–Crippen LogP) is 3.58. The van der Waals surface area contributed by atoms with Crippen molar-refractivity contribution in [2.45, 2.75) is 26.3 Å². The summed E-state index contributed by atoms with van der Waals surface area (Å²) in [6.45, 7) is 8.57. The van der Waals surface area contributed by atoms with Crippen LogP contribution in [-0.4, -0.2) is 31.1 Å². The molecule has 1 heterocycles. The summed E-state index contributed by atoms with van der Waals surface area (Å²) in [6.07, 6.45) is 1.07. The van der Waals surface area contributed by atoms with Crippen molar-refractivity contribution in [2.75, 3.05) is 26.2 Å². The molecule has 2 nitrogen and oxygen atoms in total. The minimum atomic E-state index is -0.165. The molecule has 2 rings (SSSR count). The summed E-state index contributed by atoms with van der Waals surface area (Å²) in [6, 6.07) is 5.87. The zero-order chi connectivity index (χ0) is 13.8. The first-order chi connectivity index (χ1) is 9.08. The van der Waals surface area contributed by atoms with Crippen LogP contribution in [0.15, 0.2) is 22.7 Å². The zero-order valence-electron chi connectivity index (χ0n) is 11.6. The Kier molecular flexibility index (Phi) is 5.37. The molecule has 0 bridgehead atoms. The first-order valence-corrected chi connectivity index (χ1v) is 7.77. The Morgan fingerprint density at radius 1 is 1.32 bits per heavy atom. The van der Waals surface area contributed by atoms with E-state index in [0.29, 0.717) is 16.4 Å². The largest absolute Gasteiger partial charge is 0.314 e. The summed E-state index contributed by atoms with van der Waals surface area (Å²) in [5.74, 6) is 0.438. The van der Waals surface area contributed by atoms with Gasteiger partial charge in [-0.05, 0) is 46.0 Å². The number of piperazine rings is 1. The quantitative estimate of drug-likeness (QED) is 0.908. The number of halogens is 2. The van der Waals surface area contributed by atoms with E-state index < -0.39 is 0 Å². The van der Waals surface area contributed by atoms with Crippen LogP contribution in [0.3, 0.4) is 0 Å². The van der Waals surface area contributed by atoms with Gasteiger partial charge in [-0.2, -0.15) is 0 Å². The SMILES string of the molecule is CC(C)C[C@@H](c1ccc(Br)c(F)c1)N1CCNCC1. The minimum absolute atomic E-state index is 0.165. The number of nitrogens with zero attached hydrogens (tertiary/aromatic N) is 1. The van der Waals surface area contributed by atoms with Crippen molar-refractivity contribution in [1.82, 2.24) is 10.2 Å². The van der Waals surface area contributed by atoms with Crippen LogP contribution in [0.25, 0.3) is 0 Å². The monoisotopic (exact) mass is 328 g/mol. The number of nitrogens with one attached hydrogen (secondary N) is 1. The van der Waals surface area contributed by atoms with E-state index in [0.717, 1.165) is 38.2 Å². The summed E-state index contributed by atoms with van der Waals surface area (Å²) < 4.78 is 14.3. The Bertz CT molecular complexity index is 417. The van der Waals surface area contributed by atoms with Gasteiger partial charge in [0.15, 0.2) is 0 Å². The van der Waals surface area contributed by atoms with Crippen molar-refractivity contribution in [3.8, 4) is 0 Å². The topological polar surface area (TPSA) is 15.3 Å². The minimum Gasteiger partial charge on any atom is -0.314 e. The van der Waals surface area contributed by atoms with Crippen LogP contribution in [0.5, 0.6) is 0 Å². The van der Waals surface area contributed by atoms with Crippen LogP contribution in [0, 0.1) is 11.7 Å². The van der Waals surface area contributed by atoms with Crippen LogP contribution < -0.4 is 5.32 Å². The van der Waals surface area contributed by atoms with Gasteiger partial charge in [-0.15, -0.1) is 0 Å². The molecule has 4 heteroatoms. The molecule has 0 saturated carbocycles. The molecule has 0 radical (unpaired) electrons. The van der Waals surface area contributed by atoms with Gasteiger partial charge in [-0.25, -0.2) is 4.39 Å². The molecule has 1 aliphatic rings. The Morgan fingerprint density at radius 2 is 2.00 bits per heavy atom. The zero-order valence-corrected chi connectivity index (χ0v) is 13.2. The third kappa shape index (κ3) is 4.01. The lowest BCUT2D eigenvalue weighted by Gasteiger charge is -2.36. The van der Waals surface area contributed by atoms with Gasteiger partial charge >= 0.3 is 0 Å². The lowest BCUT2D eigenvalue weighted by Crippen LogP contribution is -2.45. The smallest absolute Gasteiger partial charge is 0.137 e. The van der Waals surface area contributed by atoms with Crippen LogP contribution >= 0.6 is 15.9 Å². The molecule has 1 aromatic rings. The second-order valence-corrected chi connectivity index (χ2v) is 6.46. The maximum Gasteiger partial charge on any atom is 0.137 e. The average Bonchev–Trinajstić information content (AvgIpc) is 2.40. The molecule has 1 aliphatic heterocycles. The molecular weight excluding hydrogens is 307 g/mol. The van der Waals surface area contributed by atoms with Crippen LogP contribution in [0.2, 0.25) is 0 Å². The van der Waals surface area contributed by atoms with E-state index in [1.165, 1.54) is 0 Å². The van der Waals surface area contributed by atoms with Crippen molar-refractivity contribution in [3.05, 3.63) is 34.1 Å². The Hall–Kier alpha value is -0.450. The van der Waals surface area contributed by atoms with E-state index in [4.69, 9.17) is 0 Å². The van der Waals surface area contributed by atoms with Gasteiger partial charge in [0, 0.05) is 32.2 Å². The van der Waals surface area contributed by atoms with Gasteiger partial charge in [0.25, 0.3) is 0 Å². The highest BCUT2D eigenvalue weighted by atomic mass is 79.9. The first-order valence-electron chi connectivity index (χ1n) is 6.97. The van der Waals surface area contributed by atoms with Gasteiger partial charge in [-0.3, -0.25) is 4.90 Å². The molecule has 19 heavy (non-hydrogen) atoms. The molecule has 1 N–H and O–H groups in total. The third-order valence-corrected chi connectivity index (χ3v) is 4.26. The summed E-state index contributed by atoms with van der Waals surface area (Å²) in [5, 5.41) is 3.37. The maximum absolute atomic E-state index is 13.8. The molecule has 0 aliphatic carbocycles. The van der Waals surface area contributed by atoms with Gasteiger partial charge in [0.1, 0.15) is 5.82 Å². The fraction of sp³-hybridized carbons (Fsp3) is 0.600.